The Bertz CT molecular complexity index is 622. The van der Waals surface area contributed by atoms with Crippen molar-refractivity contribution in [2.24, 2.45) is 7.05 Å². The Morgan fingerprint density at radius 1 is 1.39 bits per heavy atom. The molecular weight excluding hydrogens is 300 g/mol. The van der Waals surface area contributed by atoms with Crippen molar-refractivity contribution in [1.29, 1.82) is 0 Å². The van der Waals surface area contributed by atoms with E-state index >= 15 is 0 Å². The minimum Gasteiger partial charge on any atom is -0.453 e. The normalized spacial score (nSPS) is 21.9. The number of rotatable bonds is 2. The lowest BCUT2D eigenvalue weighted by molar-refractivity contribution is 0.0464. The maximum Gasteiger partial charge on any atom is 0.409 e. The molecule has 2 N–H and O–H groups in total. The average molecular weight is 322 g/mol. The molecular formula is C14H22N6O3. The van der Waals surface area contributed by atoms with E-state index in [1.54, 1.807) is 9.58 Å². The number of urea groups is 1. The highest BCUT2D eigenvalue weighted by Gasteiger charge is 2.43. The van der Waals surface area contributed by atoms with Gasteiger partial charge in [0.2, 0.25) is 0 Å². The van der Waals surface area contributed by atoms with Gasteiger partial charge in [-0.25, -0.2) is 9.59 Å². The zero-order chi connectivity index (χ0) is 16.6. The molecule has 3 rings (SSSR count). The van der Waals surface area contributed by atoms with Crippen molar-refractivity contribution in [3.63, 3.8) is 0 Å². The molecule has 0 saturated carbocycles. The highest BCUT2D eigenvalue weighted by Crippen LogP contribution is 2.22. The molecule has 9 heteroatoms. The molecule has 1 unspecified atom stereocenters. The van der Waals surface area contributed by atoms with E-state index in [0.717, 1.165) is 24.2 Å². The predicted octanol–water partition coefficient (Wildman–Crippen LogP) is -0.188. The maximum absolute atomic E-state index is 12.2. The fourth-order valence-electron chi connectivity index (χ4n) is 3.28. The van der Waals surface area contributed by atoms with Gasteiger partial charge in [-0.3, -0.25) is 4.68 Å². The minimum absolute atomic E-state index is 0.0552. The van der Waals surface area contributed by atoms with Crippen molar-refractivity contribution in [3.8, 4) is 0 Å². The van der Waals surface area contributed by atoms with Crippen LogP contribution in [0.25, 0.3) is 0 Å². The molecule has 0 aromatic carbocycles. The van der Waals surface area contributed by atoms with Gasteiger partial charge in [0.25, 0.3) is 0 Å². The second-order valence-electron chi connectivity index (χ2n) is 6.53. The van der Waals surface area contributed by atoms with Crippen molar-refractivity contribution in [3.05, 3.63) is 11.4 Å². The Morgan fingerprint density at radius 2 is 2.13 bits per heavy atom. The first-order chi connectivity index (χ1) is 10.9. The molecule has 0 bridgehead atoms. The number of nitrogens with zero attached hydrogens (tertiary/aromatic N) is 4. The molecule has 1 atom stereocenters. The highest BCUT2D eigenvalue weighted by molar-refractivity contribution is 5.76. The molecule has 1 aromatic heterocycles. The third-order valence-electron chi connectivity index (χ3n) is 4.46. The molecule has 0 radical (unpaired) electrons. The summed E-state index contributed by atoms with van der Waals surface area (Å²) in [5.41, 5.74) is 1.68. The molecule has 1 aliphatic carbocycles. The van der Waals surface area contributed by atoms with Crippen molar-refractivity contribution < 1.29 is 14.3 Å². The maximum atomic E-state index is 12.2. The van der Waals surface area contributed by atoms with Crippen molar-refractivity contribution >= 4 is 12.1 Å². The van der Waals surface area contributed by atoms with Crippen LogP contribution < -0.4 is 10.6 Å². The fourth-order valence-corrected chi connectivity index (χ4v) is 3.28. The number of fused-ring (bicyclic) bond motifs is 1. The SMILES string of the molecule is COC(=O)N1CC(C)(NC(=O)NC2CCc3c(nnn3C)C2)C1. The summed E-state index contributed by atoms with van der Waals surface area (Å²) < 4.78 is 6.45. The van der Waals surface area contributed by atoms with Crippen molar-refractivity contribution in [1.82, 2.24) is 30.5 Å². The molecule has 3 amide bonds. The van der Waals surface area contributed by atoms with Gasteiger partial charge in [-0.15, -0.1) is 5.10 Å². The first-order valence-electron chi connectivity index (χ1n) is 7.69. The molecule has 9 nitrogen and oxygen atoms in total. The predicted molar refractivity (Wildman–Crippen MR) is 80.9 cm³/mol. The van der Waals surface area contributed by atoms with Gasteiger partial charge in [-0.1, -0.05) is 5.21 Å². The number of carbonyl (C=O) groups excluding carboxylic acids is 2. The number of amides is 3. The lowest BCUT2D eigenvalue weighted by Gasteiger charge is -2.47. The molecule has 0 spiro atoms. The van der Waals surface area contributed by atoms with Crippen LogP contribution in [0.4, 0.5) is 9.59 Å². The third-order valence-corrected chi connectivity index (χ3v) is 4.46. The number of likely N-dealkylation sites (tertiary alicyclic amines) is 1. The number of nitrogens with one attached hydrogen (secondary N) is 2. The molecule has 23 heavy (non-hydrogen) atoms. The van der Waals surface area contributed by atoms with E-state index in [4.69, 9.17) is 0 Å². The summed E-state index contributed by atoms with van der Waals surface area (Å²) in [6, 6.07) is -0.158. The van der Waals surface area contributed by atoms with Gasteiger partial charge >= 0.3 is 12.1 Å². The van der Waals surface area contributed by atoms with E-state index in [9.17, 15) is 9.59 Å². The molecule has 2 heterocycles. The van der Waals surface area contributed by atoms with Crippen molar-refractivity contribution in [2.45, 2.75) is 37.8 Å². The summed E-state index contributed by atoms with van der Waals surface area (Å²) in [7, 11) is 3.23. The zero-order valence-corrected chi connectivity index (χ0v) is 13.6. The smallest absolute Gasteiger partial charge is 0.409 e. The van der Waals surface area contributed by atoms with Gasteiger partial charge in [-0.2, -0.15) is 0 Å². The van der Waals surface area contributed by atoms with Gasteiger partial charge in [0.15, 0.2) is 0 Å². The Morgan fingerprint density at radius 3 is 2.83 bits per heavy atom. The summed E-state index contributed by atoms with van der Waals surface area (Å²) in [6.07, 6.45) is 2.05. The standard InChI is InChI=1S/C14H22N6O3/c1-14(7-20(8-14)13(22)23-3)16-12(21)15-9-4-5-11-10(6-9)17-18-19(11)2/h9H,4-8H2,1-3H3,(H2,15,16,21). The highest BCUT2D eigenvalue weighted by atomic mass is 16.5. The number of hydrogen-bond donors (Lipinski definition) is 2. The zero-order valence-electron chi connectivity index (χ0n) is 13.6. The van der Waals surface area contributed by atoms with E-state index in [2.05, 4.69) is 25.7 Å². The quantitative estimate of drug-likeness (QED) is 0.786. The minimum atomic E-state index is -0.412. The topological polar surface area (TPSA) is 101 Å². The number of carbonyl (C=O) groups is 2. The molecule has 1 aromatic rings. The Hall–Kier alpha value is -2.32. The number of aryl methyl sites for hydroxylation is 1. The summed E-state index contributed by atoms with van der Waals surface area (Å²) >= 11 is 0. The van der Waals surface area contributed by atoms with Crippen LogP contribution in [0.2, 0.25) is 0 Å². The first kappa shape index (κ1) is 15.6. The largest absolute Gasteiger partial charge is 0.453 e. The van der Waals surface area contributed by atoms with Gasteiger partial charge in [0.1, 0.15) is 0 Å². The number of ether oxygens (including phenoxy) is 1. The van der Waals surface area contributed by atoms with Crippen LogP contribution in [0.5, 0.6) is 0 Å². The van der Waals surface area contributed by atoms with Gasteiger partial charge in [-0.05, 0) is 19.8 Å². The second-order valence-corrected chi connectivity index (χ2v) is 6.53. The summed E-state index contributed by atoms with van der Waals surface area (Å²) in [5.74, 6) is 0. The summed E-state index contributed by atoms with van der Waals surface area (Å²) in [4.78, 5) is 25.1. The fraction of sp³-hybridized carbons (Fsp3) is 0.714. The first-order valence-corrected chi connectivity index (χ1v) is 7.69. The Balaban J connectivity index is 1.48. The van der Waals surface area contributed by atoms with Crippen LogP contribution in [0.3, 0.4) is 0 Å². The van der Waals surface area contributed by atoms with Crippen LogP contribution in [0.1, 0.15) is 24.7 Å². The van der Waals surface area contributed by atoms with Gasteiger partial charge in [0, 0.05) is 32.6 Å². The van der Waals surface area contributed by atoms with Gasteiger partial charge < -0.3 is 20.3 Å². The van der Waals surface area contributed by atoms with E-state index in [-0.39, 0.29) is 18.2 Å². The van der Waals surface area contributed by atoms with Crippen LogP contribution in [0, 0.1) is 0 Å². The Kier molecular flexibility index (Phi) is 3.87. The third kappa shape index (κ3) is 3.08. The number of aromatic nitrogens is 3. The van der Waals surface area contributed by atoms with Crippen molar-refractivity contribution in [2.75, 3.05) is 20.2 Å². The van der Waals surface area contributed by atoms with E-state index in [1.165, 1.54) is 7.11 Å². The lowest BCUT2D eigenvalue weighted by atomic mass is 9.92. The second kappa shape index (κ2) is 5.71. The number of hydrogen-bond acceptors (Lipinski definition) is 5. The van der Waals surface area contributed by atoms with Crippen LogP contribution in [0.15, 0.2) is 0 Å². The molecule has 126 valence electrons. The van der Waals surface area contributed by atoms with E-state index < -0.39 is 5.54 Å². The average Bonchev–Trinajstić information content (AvgIpc) is 2.84. The monoisotopic (exact) mass is 322 g/mol. The van der Waals surface area contributed by atoms with Crippen LogP contribution in [-0.4, -0.2) is 63.8 Å². The number of methoxy groups -OCH3 is 1. The van der Waals surface area contributed by atoms with Crippen LogP contribution >= 0.6 is 0 Å². The van der Waals surface area contributed by atoms with E-state index in [1.807, 2.05) is 14.0 Å². The molecule has 1 fully saturated rings. The Labute approximate surface area is 134 Å². The summed E-state index contributed by atoms with van der Waals surface area (Å²) in [5, 5.41) is 14.1. The van der Waals surface area contributed by atoms with E-state index in [0.29, 0.717) is 19.5 Å². The molecule has 1 aliphatic heterocycles. The molecule has 2 aliphatic rings. The lowest BCUT2D eigenvalue weighted by Crippen LogP contribution is -2.71. The van der Waals surface area contributed by atoms with Gasteiger partial charge in [0.05, 0.1) is 24.0 Å². The summed E-state index contributed by atoms with van der Waals surface area (Å²) in [6.45, 7) is 2.81. The van der Waals surface area contributed by atoms with Crippen LogP contribution in [-0.2, 0) is 24.6 Å². The molecule has 1 saturated heterocycles.